The van der Waals surface area contributed by atoms with E-state index >= 15 is 0 Å². The molecule has 1 amide bonds. The summed E-state index contributed by atoms with van der Waals surface area (Å²) in [4.78, 5) is 28.1. The van der Waals surface area contributed by atoms with Crippen molar-refractivity contribution in [1.29, 1.82) is 0 Å². The van der Waals surface area contributed by atoms with Crippen LogP contribution in [0.1, 0.15) is 44.9 Å². The topological polar surface area (TPSA) is 82.1 Å². The van der Waals surface area contributed by atoms with E-state index in [0.29, 0.717) is 32.5 Å². The third kappa shape index (κ3) is 4.96. The summed E-state index contributed by atoms with van der Waals surface area (Å²) >= 11 is 0. The minimum atomic E-state index is -0.709. The van der Waals surface area contributed by atoms with Crippen LogP contribution < -0.4 is 5.32 Å². The second-order valence-corrected chi connectivity index (χ2v) is 8.05. The Hall–Kier alpha value is -1.18. The van der Waals surface area contributed by atoms with E-state index in [-0.39, 0.29) is 17.4 Å². The Morgan fingerprint density at radius 3 is 2.31 bits per heavy atom. The smallest absolute Gasteiger partial charge is 0.306 e. The number of amides is 1. The van der Waals surface area contributed by atoms with Crippen LogP contribution in [0.15, 0.2) is 0 Å². The molecule has 1 saturated carbocycles. The maximum atomic E-state index is 12.5. The van der Waals surface area contributed by atoms with E-state index in [1.54, 1.807) is 0 Å². The summed E-state index contributed by atoms with van der Waals surface area (Å²) in [5.74, 6) is -0.892. The largest absolute Gasteiger partial charge is 0.481 e. The Kier molecular flexibility index (Phi) is 6.89. The van der Waals surface area contributed by atoms with E-state index in [1.807, 2.05) is 0 Å². The van der Waals surface area contributed by atoms with Crippen molar-refractivity contribution in [1.82, 2.24) is 15.1 Å². The number of piperidine rings is 1. The maximum Gasteiger partial charge on any atom is 0.306 e. The van der Waals surface area contributed by atoms with E-state index in [1.165, 1.54) is 19.3 Å². The fraction of sp³-hybridized carbons (Fsp3) is 0.895. The van der Waals surface area contributed by atoms with Gasteiger partial charge in [0, 0.05) is 25.2 Å². The van der Waals surface area contributed by atoms with Gasteiger partial charge in [-0.3, -0.25) is 19.4 Å². The van der Waals surface area contributed by atoms with Crippen LogP contribution in [0, 0.1) is 5.92 Å². The summed E-state index contributed by atoms with van der Waals surface area (Å²) in [5, 5.41) is 12.3. The molecule has 7 nitrogen and oxygen atoms in total. The molecule has 0 aromatic carbocycles. The van der Waals surface area contributed by atoms with Gasteiger partial charge in [-0.15, -0.1) is 0 Å². The molecule has 0 spiro atoms. The van der Waals surface area contributed by atoms with Gasteiger partial charge in [0.1, 0.15) is 0 Å². The van der Waals surface area contributed by atoms with Gasteiger partial charge in [0.25, 0.3) is 0 Å². The standard InChI is InChI=1S/C19H33N3O4/c23-17(14-21-8-4-16(5-9-21)18(24)25)20-15-19(6-2-1-3-7-19)22-10-12-26-13-11-22/h16H,1-15H2,(H,20,23)(H,24,25). The van der Waals surface area contributed by atoms with Crippen LogP contribution in [-0.2, 0) is 14.3 Å². The van der Waals surface area contributed by atoms with Gasteiger partial charge < -0.3 is 15.2 Å². The second kappa shape index (κ2) is 9.15. The SMILES string of the molecule is O=C(CN1CCC(C(=O)O)CC1)NCC1(N2CCOCC2)CCCCC1. The lowest BCUT2D eigenvalue weighted by Gasteiger charge is -2.48. The lowest BCUT2D eigenvalue weighted by molar-refractivity contribution is -0.143. The molecule has 0 radical (unpaired) electrons. The summed E-state index contributed by atoms with van der Waals surface area (Å²) in [7, 11) is 0. The molecule has 148 valence electrons. The van der Waals surface area contributed by atoms with Gasteiger partial charge >= 0.3 is 5.97 Å². The number of nitrogens with zero attached hydrogens (tertiary/aromatic N) is 2. The van der Waals surface area contributed by atoms with Crippen LogP contribution in [0.4, 0.5) is 0 Å². The first-order valence-electron chi connectivity index (χ1n) is 10.1. The Labute approximate surface area is 156 Å². The maximum absolute atomic E-state index is 12.5. The molecule has 2 saturated heterocycles. The van der Waals surface area contributed by atoms with Crippen molar-refractivity contribution in [3.8, 4) is 0 Å². The highest BCUT2D eigenvalue weighted by atomic mass is 16.5. The number of ether oxygens (including phenoxy) is 1. The first kappa shape index (κ1) is 19.6. The molecule has 0 aromatic rings. The summed E-state index contributed by atoms with van der Waals surface area (Å²) in [6.45, 7) is 5.97. The minimum Gasteiger partial charge on any atom is -0.481 e. The van der Waals surface area contributed by atoms with Gasteiger partial charge in [-0.1, -0.05) is 19.3 Å². The molecule has 2 N–H and O–H groups in total. The molecule has 3 rings (SSSR count). The van der Waals surface area contributed by atoms with Gasteiger partial charge in [0.15, 0.2) is 0 Å². The molecule has 3 aliphatic rings. The molecular weight excluding hydrogens is 334 g/mol. The number of carbonyl (C=O) groups excluding carboxylic acids is 1. The van der Waals surface area contributed by atoms with Crippen molar-refractivity contribution in [2.24, 2.45) is 5.92 Å². The molecule has 2 heterocycles. The highest BCUT2D eigenvalue weighted by molar-refractivity contribution is 5.78. The number of hydrogen-bond acceptors (Lipinski definition) is 5. The van der Waals surface area contributed by atoms with E-state index in [9.17, 15) is 9.59 Å². The summed E-state index contributed by atoms with van der Waals surface area (Å²) in [6.07, 6.45) is 7.33. The number of aliphatic carboxylic acids is 1. The summed E-state index contributed by atoms with van der Waals surface area (Å²) in [6, 6.07) is 0. The lowest BCUT2D eigenvalue weighted by atomic mass is 9.79. The number of nitrogens with one attached hydrogen (secondary N) is 1. The summed E-state index contributed by atoms with van der Waals surface area (Å²) < 4.78 is 5.51. The van der Waals surface area contributed by atoms with Crippen LogP contribution in [0.25, 0.3) is 0 Å². The van der Waals surface area contributed by atoms with Crippen molar-refractivity contribution >= 4 is 11.9 Å². The van der Waals surface area contributed by atoms with E-state index in [4.69, 9.17) is 9.84 Å². The highest BCUT2D eigenvalue weighted by Crippen LogP contribution is 2.33. The van der Waals surface area contributed by atoms with Crippen LogP contribution in [-0.4, -0.2) is 84.8 Å². The quantitative estimate of drug-likeness (QED) is 0.727. The monoisotopic (exact) mass is 367 g/mol. The van der Waals surface area contributed by atoms with Crippen molar-refractivity contribution in [3.63, 3.8) is 0 Å². The van der Waals surface area contributed by atoms with Crippen LogP contribution in [0.2, 0.25) is 0 Å². The summed E-state index contributed by atoms with van der Waals surface area (Å²) in [5.41, 5.74) is 0.0913. The van der Waals surface area contributed by atoms with Gasteiger partial charge in [0.05, 0.1) is 25.7 Å². The zero-order valence-corrected chi connectivity index (χ0v) is 15.8. The minimum absolute atomic E-state index is 0.0667. The lowest BCUT2D eigenvalue weighted by Crippen LogP contribution is -2.60. The molecule has 3 fully saturated rings. The molecule has 0 atom stereocenters. The van der Waals surface area contributed by atoms with Crippen molar-refractivity contribution in [2.75, 3.05) is 52.5 Å². The average molecular weight is 367 g/mol. The number of morpholine rings is 1. The molecule has 0 unspecified atom stereocenters. The molecule has 0 bridgehead atoms. The first-order valence-corrected chi connectivity index (χ1v) is 10.1. The van der Waals surface area contributed by atoms with Gasteiger partial charge in [-0.2, -0.15) is 0 Å². The van der Waals surface area contributed by atoms with Crippen molar-refractivity contribution in [2.45, 2.75) is 50.5 Å². The normalized spacial score (nSPS) is 25.7. The van der Waals surface area contributed by atoms with Gasteiger partial charge in [0.2, 0.25) is 5.91 Å². The third-order valence-corrected chi connectivity index (χ3v) is 6.38. The molecule has 2 aliphatic heterocycles. The number of likely N-dealkylation sites (tertiary alicyclic amines) is 1. The van der Waals surface area contributed by atoms with Gasteiger partial charge in [-0.05, 0) is 38.8 Å². The van der Waals surface area contributed by atoms with E-state index in [2.05, 4.69) is 15.1 Å². The zero-order chi connectivity index (χ0) is 18.4. The fourth-order valence-corrected chi connectivity index (χ4v) is 4.71. The van der Waals surface area contributed by atoms with Crippen molar-refractivity contribution in [3.05, 3.63) is 0 Å². The molecular formula is C19H33N3O4. The predicted molar refractivity (Wildman–Crippen MR) is 98.0 cm³/mol. The molecule has 26 heavy (non-hydrogen) atoms. The average Bonchev–Trinajstić information content (AvgIpc) is 2.68. The number of hydrogen-bond donors (Lipinski definition) is 2. The Bertz CT molecular complexity index is 479. The third-order valence-electron chi connectivity index (χ3n) is 6.38. The highest BCUT2D eigenvalue weighted by Gasteiger charge is 2.39. The Balaban J connectivity index is 1.47. The number of carboxylic acids is 1. The Morgan fingerprint density at radius 2 is 1.69 bits per heavy atom. The zero-order valence-electron chi connectivity index (χ0n) is 15.8. The predicted octanol–water partition coefficient (Wildman–Crippen LogP) is 0.934. The van der Waals surface area contributed by atoms with Crippen molar-refractivity contribution < 1.29 is 19.4 Å². The van der Waals surface area contributed by atoms with E-state index < -0.39 is 5.97 Å². The molecule has 1 aliphatic carbocycles. The van der Waals surface area contributed by atoms with E-state index in [0.717, 1.165) is 45.7 Å². The Morgan fingerprint density at radius 1 is 1.04 bits per heavy atom. The molecule has 7 heteroatoms. The second-order valence-electron chi connectivity index (χ2n) is 8.05. The van der Waals surface area contributed by atoms with Gasteiger partial charge in [-0.25, -0.2) is 0 Å². The fourth-order valence-electron chi connectivity index (χ4n) is 4.71. The van der Waals surface area contributed by atoms with Crippen LogP contribution in [0.3, 0.4) is 0 Å². The first-order chi connectivity index (χ1) is 12.6. The number of carboxylic acid groups (broad SMARTS) is 1. The van der Waals surface area contributed by atoms with Crippen LogP contribution >= 0.6 is 0 Å². The number of rotatable bonds is 6. The number of carbonyl (C=O) groups is 2. The van der Waals surface area contributed by atoms with Crippen LogP contribution in [0.5, 0.6) is 0 Å². The molecule has 0 aromatic heterocycles.